The zero-order valence-corrected chi connectivity index (χ0v) is 21.5. The molecule has 8 heteroatoms. The van der Waals surface area contributed by atoms with E-state index >= 15 is 0 Å². The second kappa shape index (κ2) is 14.3. The first kappa shape index (κ1) is 28.1. The normalized spacial score (nSPS) is 12.1. The van der Waals surface area contributed by atoms with Crippen molar-refractivity contribution in [2.24, 2.45) is 11.8 Å². The zero-order chi connectivity index (χ0) is 27.3. The summed E-state index contributed by atoms with van der Waals surface area (Å²) in [7, 11) is 0. The Kier molecular flexibility index (Phi) is 10.6. The molecule has 198 valence electrons. The van der Waals surface area contributed by atoms with Crippen LogP contribution in [-0.4, -0.2) is 37.0 Å². The molecule has 3 aromatic rings. The minimum absolute atomic E-state index is 0.170. The van der Waals surface area contributed by atoms with Crippen molar-refractivity contribution in [3.8, 4) is 0 Å². The number of nitrogens with one attached hydrogen (secondary N) is 2. The van der Waals surface area contributed by atoms with Crippen LogP contribution in [0, 0.1) is 11.8 Å². The van der Waals surface area contributed by atoms with E-state index < -0.39 is 35.6 Å². The van der Waals surface area contributed by atoms with Crippen molar-refractivity contribution in [2.75, 3.05) is 23.8 Å². The fraction of sp³-hybridized carbons (Fsp3) is 0.267. The smallest absolute Gasteiger partial charge is 0.318 e. The van der Waals surface area contributed by atoms with Crippen LogP contribution in [0.3, 0.4) is 0 Å². The largest absolute Gasteiger partial charge is 0.465 e. The summed E-state index contributed by atoms with van der Waals surface area (Å²) in [5.74, 6) is -4.20. The second-order valence-corrected chi connectivity index (χ2v) is 8.54. The maximum Gasteiger partial charge on any atom is 0.318 e. The Bertz CT molecular complexity index is 1120. The Balaban J connectivity index is 1.67. The first-order valence-electron chi connectivity index (χ1n) is 12.5. The monoisotopic (exact) mass is 516 g/mol. The minimum Gasteiger partial charge on any atom is -0.465 e. The molecule has 0 radical (unpaired) electrons. The number of hydrogen-bond acceptors (Lipinski definition) is 6. The molecule has 0 heterocycles. The number of rotatable bonds is 12. The van der Waals surface area contributed by atoms with Gasteiger partial charge in [0.1, 0.15) is 11.8 Å². The predicted octanol–water partition coefficient (Wildman–Crippen LogP) is 4.41. The Morgan fingerprint density at radius 1 is 0.579 bits per heavy atom. The molecule has 2 N–H and O–H groups in total. The highest BCUT2D eigenvalue weighted by atomic mass is 16.5. The van der Waals surface area contributed by atoms with Crippen LogP contribution >= 0.6 is 0 Å². The van der Waals surface area contributed by atoms with Gasteiger partial charge in [0.25, 0.3) is 0 Å². The summed E-state index contributed by atoms with van der Waals surface area (Å²) < 4.78 is 10.2. The Labute approximate surface area is 222 Å². The molecule has 0 aliphatic carbocycles. The standard InChI is InChI=1S/C30H32N2O6/c1-3-37-29(35)25(19-21-11-7-5-8-12-21)27(33)31-23-15-17-24(18-16-23)32-28(34)26(30(36)38-4-2)20-22-13-9-6-10-14-22/h5-18,25-26H,3-4,19-20H2,1-2H3,(H,31,33)(H,32,34)/t25-,26-/m1/s1. The highest BCUT2D eigenvalue weighted by molar-refractivity contribution is 6.06. The molecule has 2 amide bonds. The second-order valence-electron chi connectivity index (χ2n) is 8.54. The summed E-state index contributed by atoms with van der Waals surface area (Å²) in [6.45, 7) is 3.72. The summed E-state index contributed by atoms with van der Waals surface area (Å²) in [5.41, 5.74) is 2.57. The Hall–Kier alpha value is -4.46. The summed E-state index contributed by atoms with van der Waals surface area (Å²) in [5, 5.41) is 5.49. The molecule has 0 spiro atoms. The van der Waals surface area contributed by atoms with Gasteiger partial charge >= 0.3 is 11.9 Å². The van der Waals surface area contributed by atoms with E-state index in [1.807, 2.05) is 60.7 Å². The number of carbonyl (C=O) groups excluding carboxylic acids is 4. The van der Waals surface area contributed by atoms with Crippen molar-refractivity contribution in [3.05, 3.63) is 96.1 Å². The molecule has 0 aromatic heterocycles. The van der Waals surface area contributed by atoms with Gasteiger partial charge < -0.3 is 20.1 Å². The number of anilines is 2. The van der Waals surface area contributed by atoms with Crippen LogP contribution in [0.15, 0.2) is 84.9 Å². The number of amides is 2. The maximum atomic E-state index is 13.0. The lowest BCUT2D eigenvalue weighted by atomic mass is 9.98. The van der Waals surface area contributed by atoms with Crippen LogP contribution in [0.25, 0.3) is 0 Å². The van der Waals surface area contributed by atoms with Gasteiger partial charge in [0.15, 0.2) is 0 Å². The van der Waals surface area contributed by atoms with Gasteiger partial charge in [0.05, 0.1) is 13.2 Å². The predicted molar refractivity (Wildman–Crippen MR) is 144 cm³/mol. The number of benzene rings is 3. The van der Waals surface area contributed by atoms with Crippen molar-refractivity contribution in [1.82, 2.24) is 0 Å². The quantitative estimate of drug-likeness (QED) is 0.273. The molecule has 0 aliphatic rings. The molecular formula is C30H32N2O6. The van der Waals surface area contributed by atoms with Gasteiger partial charge in [-0.3, -0.25) is 19.2 Å². The first-order valence-corrected chi connectivity index (χ1v) is 12.5. The van der Waals surface area contributed by atoms with E-state index in [2.05, 4.69) is 10.6 Å². The summed E-state index contributed by atoms with van der Waals surface area (Å²) in [6.07, 6.45) is 0.409. The van der Waals surface area contributed by atoms with Crippen molar-refractivity contribution in [3.63, 3.8) is 0 Å². The van der Waals surface area contributed by atoms with Gasteiger partial charge in [-0.05, 0) is 62.1 Å². The Morgan fingerprint density at radius 3 is 1.24 bits per heavy atom. The summed E-state index contributed by atoms with van der Waals surface area (Å²) >= 11 is 0. The molecule has 0 fully saturated rings. The van der Waals surface area contributed by atoms with Crippen LogP contribution < -0.4 is 10.6 Å². The van der Waals surface area contributed by atoms with E-state index in [0.29, 0.717) is 11.4 Å². The van der Waals surface area contributed by atoms with Crippen LogP contribution in [0.5, 0.6) is 0 Å². The number of esters is 2. The topological polar surface area (TPSA) is 111 Å². The number of hydrogen-bond donors (Lipinski definition) is 2. The van der Waals surface area contributed by atoms with Crippen molar-refractivity contribution >= 4 is 35.1 Å². The zero-order valence-electron chi connectivity index (χ0n) is 21.5. The lowest BCUT2D eigenvalue weighted by molar-refractivity contribution is -0.152. The van der Waals surface area contributed by atoms with Crippen LogP contribution in [0.1, 0.15) is 25.0 Å². The molecule has 0 saturated heterocycles. The van der Waals surface area contributed by atoms with Crippen LogP contribution in [0.4, 0.5) is 11.4 Å². The van der Waals surface area contributed by atoms with Gasteiger partial charge in [-0.2, -0.15) is 0 Å². The first-order chi connectivity index (χ1) is 18.4. The lowest BCUT2D eigenvalue weighted by Gasteiger charge is -2.17. The fourth-order valence-electron chi connectivity index (χ4n) is 3.85. The molecule has 38 heavy (non-hydrogen) atoms. The van der Waals surface area contributed by atoms with Crippen molar-refractivity contribution < 1.29 is 28.7 Å². The molecule has 3 rings (SSSR count). The summed E-state index contributed by atoms with van der Waals surface area (Å²) in [6, 6.07) is 24.9. The molecule has 0 unspecified atom stereocenters. The van der Waals surface area contributed by atoms with Crippen molar-refractivity contribution in [2.45, 2.75) is 26.7 Å². The third kappa shape index (κ3) is 8.30. The third-order valence-electron chi connectivity index (χ3n) is 5.76. The van der Waals surface area contributed by atoms with Gasteiger partial charge in [-0.1, -0.05) is 60.7 Å². The fourth-order valence-corrected chi connectivity index (χ4v) is 3.85. The van der Waals surface area contributed by atoms with E-state index in [0.717, 1.165) is 11.1 Å². The average molecular weight is 517 g/mol. The highest BCUT2D eigenvalue weighted by Crippen LogP contribution is 2.19. The van der Waals surface area contributed by atoms with E-state index in [-0.39, 0.29) is 26.1 Å². The van der Waals surface area contributed by atoms with E-state index in [1.54, 1.807) is 38.1 Å². The molecule has 0 aliphatic heterocycles. The third-order valence-corrected chi connectivity index (χ3v) is 5.76. The van der Waals surface area contributed by atoms with Gasteiger partial charge in [0, 0.05) is 11.4 Å². The van der Waals surface area contributed by atoms with E-state index in [1.165, 1.54) is 0 Å². The number of carbonyl (C=O) groups is 4. The van der Waals surface area contributed by atoms with Crippen molar-refractivity contribution in [1.29, 1.82) is 0 Å². The molecule has 0 bridgehead atoms. The van der Waals surface area contributed by atoms with E-state index in [9.17, 15) is 19.2 Å². The molecule has 0 saturated carbocycles. The molecule has 2 atom stereocenters. The lowest BCUT2D eigenvalue weighted by Crippen LogP contribution is -2.33. The van der Waals surface area contributed by atoms with Gasteiger partial charge in [0.2, 0.25) is 11.8 Å². The van der Waals surface area contributed by atoms with Crippen LogP contribution in [-0.2, 0) is 41.5 Å². The van der Waals surface area contributed by atoms with Gasteiger partial charge in [-0.25, -0.2) is 0 Å². The maximum absolute atomic E-state index is 13.0. The molecule has 8 nitrogen and oxygen atoms in total. The number of ether oxygens (including phenoxy) is 2. The van der Waals surface area contributed by atoms with Gasteiger partial charge in [-0.15, -0.1) is 0 Å². The molecular weight excluding hydrogens is 484 g/mol. The SMILES string of the molecule is CCOC(=O)[C@H](Cc1ccccc1)C(=O)Nc1ccc(NC(=O)[C@@H](Cc2ccccc2)C(=O)OCC)cc1. The minimum atomic E-state index is -1.01. The summed E-state index contributed by atoms with van der Waals surface area (Å²) in [4.78, 5) is 50.9. The average Bonchev–Trinajstić information content (AvgIpc) is 2.92. The highest BCUT2D eigenvalue weighted by Gasteiger charge is 2.30. The van der Waals surface area contributed by atoms with Crippen LogP contribution in [0.2, 0.25) is 0 Å². The Morgan fingerprint density at radius 2 is 0.921 bits per heavy atom. The van der Waals surface area contributed by atoms with E-state index in [4.69, 9.17) is 9.47 Å². The molecule has 3 aromatic carbocycles.